The Balaban J connectivity index is 2.30. The highest BCUT2D eigenvalue weighted by Crippen LogP contribution is 2.22. The van der Waals surface area contributed by atoms with Gasteiger partial charge in [-0.25, -0.2) is 0 Å². The molecule has 1 aromatic carbocycles. The zero-order valence-electron chi connectivity index (χ0n) is 7.53. The summed E-state index contributed by atoms with van der Waals surface area (Å²) in [6.07, 6.45) is 7.40. The van der Waals surface area contributed by atoms with Crippen LogP contribution in [0, 0.1) is 0 Å². The molecule has 0 aromatic heterocycles. The van der Waals surface area contributed by atoms with Crippen molar-refractivity contribution in [2.75, 3.05) is 0 Å². The van der Waals surface area contributed by atoms with Gasteiger partial charge in [0.05, 0.1) is 0 Å². The molecular weight excluding hydrogens is 156 g/mol. The zero-order chi connectivity index (χ0) is 9.10. The summed E-state index contributed by atoms with van der Waals surface area (Å²) in [7, 11) is 0. The van der Waals surface area contributed by atoms with Crippen LogP contribution in [-0.2, 0) is 0 Å². The average molecular weight is 168 g/mol. The van der Waals surface area contributed by atoms with Gasteiger partial charge in [-0.05, 0) is 17.6 Å². The third-order valence-electron chi connectivity index (χ3n) is 2.19. The van der Waals surface area contributed by atoms with Gasteiger partial charge in [-0.15, -0.1) is 0 Å². The quantitative estimate of drug-likeness (QED) is 0.601. The second kappa shape index (κ2) is 3.44. The highest BCUT2D eigenvalue weighted by atomic mass is 14.1. The molecule has 64 valence electrons. The number of hydrogen-bond acceptors (Lipinski definition) is 0. The average Bonchev–Trinajstić information content (AvgIpc) is 2.20. The van der Waals surface area contributed by atoms with Gasteiger partial charge in [-0.3, -0.25) is 0 Å². The summed E-state index contributed by atoms with van der Waals surface area (Å²) in [5.74, 6) is 0. The summed E-state index contributed by atoms with van der Waals surface area (Å²) < 4.78 is 0. The Labute approximate surface area is 78.9 Å². The molecule has 0 heteroatoms. The lowest BCUT2D eigenvalue weighted by Gasteiger charge is -2.07. The minimum Gasteiger partial charge on any atom is -0.0955 e. The molecule has 0 unspecified atom stereocenters. The van der Waals surface area contributed by atoms with E-state index in [1.807, 2.05) is 6.07 Å². The lowest BCUT2D eigenvalue weighted by molar-refractivity contribution is 1.28. The van der Waals surface area contributed by atoms with Crippen LogP contribution in [0.4, 0.5) is 0 Å². The third-order valence-corrected chi connectivity index (χ3v) is 2.19. The van der Waals surface area contributed by atoms with Gasteiger partial charge in [0.25, 0.3) is 0 Å². The molecule has 0 aliphatic heterocycles. The fourth-order valence-corrected chi connectivity index (χ4v) is 1.43. The number of rotatable bonds is 1. The maximum atomic E-state index is 3.91. The fourth-order valence-electron chi connectivity index (χ4n) is 1.43. The van der Waals surface area contributed by atoms with Crippen molar-refractivity contribution in [1.29, 1.82) is 0 Å². The molecule has 0 radical (unpaired) electrons. The standard InChI is InChI=1S/C13H12/c1-11-7-9-13(10-8-11)12-5-3-2-4-6-12/h2-7,9-10H,1,8H2. The molecule has 0 nitrogen and oxygen atoms in total. The monoisotopic (exact) mass is 168 g/mol. The first kappa shape index (κ1) is 8.06. The summed E-state index contributed by atoms with van der Waals surface area (Å²) in [6.45, 7) is 3.91. The van der Waals surface area contributed by atoms with Crippen LogP contribution >= 0.6 is 0 Å². The molecule has 0 N–H and O–H groups in total. The molecule has 0 amide bonds. The highest BCUT2D eigenvalue weighted by Gasteiger charge is 2.00. The molecule has 0 bridgehead atoms. The molecule has 1 aliphatic carbocycles. The topological polar surface area (TPSA) is 0 Å². The molecule has 13 heavy (non-hydrogen) atoms. The molecule has 0 fully saturated rings. The van der Waals surface area contributed by atoms with Crippen molar-refractivity contribution in [3.05, 3.63) is 66.3 Å². The predicted octanol–water partition coefficient (Wildman–Crippen LogP) is 3.59. The van der Waals surface area contributed by atoms with E-state index in [2.05, 4.69) is 49.1 Å². The maximum Gasteiger partial charge on any atom is -0.00941 e. The van der Waals surface area contributed by atoms with Crippen LogP contribution < -0.4 is 0 Å². The van der Waals surface area contributed by atoms with E-state index >= 15 is 0 Å². The van der Waals surface area contributed by atoms with Crippen molar-refractivity contribution < 1.29 is 0 Å². The molecule has 0 saturated heterocycles. The molecule has 0 heterocycles. The number of benzene rings is 1. The van der Waals surface area contributed by atoms with Crippen molar-refractivity contribution >= 4 is 5.57 Å². The summed E-state index contributed by atoms with van der Waals surface area (Å²) in [4.78, 5) is 0. The molecule has 0 saturated carbocycles. The third kappa shape index (κ3) is 1.78. The second-order valence-corrected chi connectivity index (χ2v) is 3.22. The molecule has 1 aromatic rings. The van der Waals surface area contributed by atoms with Crippen molar-refractivity contribution in [2.45, 2.75) is 6.42 Å². The van der Waals surface area contributed by atoms with Gasteiger partial charge >= 0.3 is 0 Å². The van der Waals surface area contributed by atoms with Crippen molar-refractivity contribution in [3.63, 3.8) is 0 Å². The van der Waals surface area contributed by atoms with Crippen LogP contribution in [0.1, 0.15) is 12.0 Å². The van der Waals surface area contributed by atoms with E-state index in [1.165, 1.54) is 16.7 Å². The van der Waals surface area contributed by atoms with Crippen LogP contribution in [0.25, 0.3) is 5.57 Å². The predicted molar refractivity (Wildman–Crippen MR) is 57.3 cm³/mol. The number of allylic oxidation sites excluding steroid dienone is 5. The van der Waals surface area contributed by atoms with Crippen molar-refractivity contribution in [2.24, 2.45) is 0 Å². The van der Waals surface area contributed by atoms with Gasteiger partial charge < -0.3 is 0 Å². The SMILES string of the molecule is C=C1C=CC(c2ccccc2)=CC1. The van der Waals surface area contributed by atoms with Crippen LogP contribution in [0.15, 0.2) is 60.7 Å². The van der Waals surface area contributed by atoms with Gasteiger partial charge in [0, 0.05) is 0 Å². The highest BCUT2D eigenvalue weighted by molar-refractivity contribution is 5.76. The van der Waals surface area contributed by atoms with Gasteiger partial charge in [-0.2, -0.15) is 0 Å². The van der Waals surface area contributed by atoms with E-state index in [0.717, 1.165) is 6.42 Å². The lowest BCUT2D eigenvalue weighted by atomic mass is 9.98. The Morgan fingerprint density at radius 3 is 2.38 bits per heavy atom. The van der Waals surface area contributed by atoms with Gasteiger partial charge in [-0.1, -0.05) is 60.7 Å². The van der Waals surface area contributed by atoms with E-state index < -0.39 is 0 Å². The van der Waals surface area contributed by atoms with Crippen LogP contribution in [0.3, 0.4) is 0 Å². The Morgan fingerprint density at radius 1 is 1.00 bits per heavy atom. The normalized spacial score (nSPS) is 15.7. The summed E-state index contributed by atoms with van der Waals surface area (Å²) in [6, 6.07) is 10.4. The fraction of sp³-hybridized carbons (Fsp3) is 0.0769. The first-order valence-corrected chi connectivity index (χ1v) is 4.48. The lowest BCUT2D eigenvalue weighted by Crippen LogP contribution is -1.86. The largest absolute Gasteiger partial charge is 0.0955 e. The van der Waals surface area contributed by atoms with E-state index in [-0.39, 0.29) is 0 Å². The zero-order valence-corrected chi connectivity index (χ0v) is 7.53. The first-order valence-electron chi connectivity index (χ1n) is 4.48. The van der Waals surface area contributed by atoms with Crippen LogP contribution in [0.2, 0.25) is 0 Å². The van der Waals surface area contributed by atoms with Crippen molar-refractivity contribution in [1.82, 2.24) is 0 Å². The van der Waals surface area contributed by atoms with E-state index in [1.54, 1.807) is 0 Å². The molecule has 0 atom stereocenters. The Bertz CT molecular complexity index is 366. The summed E-state index contributed by atoms with van der Waals surface area (Å²) in [5.41, 5.74) is 3.76. The Morgan fingerprint density at radius 2 is 1.77 bits per heavy atom. The molecule has 2 rings (SSSR count). The van der Waals surface area contributed by atoms with Crippen LogP contribution in [0.5, 0.6) is 0 Å². The van der Waals surface area contributed by atoms with E-state index in [4.69, 9.17) is 0 Å². The minimum absolute atomic E-state index is 0.973. The van der Waals surface area contributed by atoms with Crippen molar-refractivity contribution in [3.8, 4) is 0 Å². The summed E-state index contributed by atoms with van der Waals surface area (Å²) >= 11 is 0. The van der Waals surface area contributed by atoms with Gasteiger partial charge in [0.15, 0.2) is 0 Å². The number of hydrogen-bond donors (Lipinski definition) is 0. The summed E-state index contributed by atoms with van der Waals surface area (Å²) in [5, 5.41) is 0. The maximum absolute atomic E-state index is 3.91. The first-order chi connectivity index (χ1) is 6.36. The molecule has 1 aliphatic rings. The Hall–Kier alpha value is -1.56. The smallest absolute Gasteiger partial charge is 0.00941 e. The Kier molecular flexibility index (Phi) is 2.13. The van der Waals surface area contributed by atoms with Gasteiger partial charge in [0.2, 0.25) is 0 Å². The molecular formula is C13H12. The van der Waals surface area contributed by atoms with Crippen LogP contribution in [-0.4, -0.2) is 0 Å². The minimum atomic E-state index is 0.973. The van der Waals surface area contributed by atoms with Gasteiger partial charge in [0.1, 0.15) is 0 Å². The van der Waals surface area contributed by atoms with E-state index in [0.29, 0.717) is 0 Å². The second-order valence-electron chi connectivity index (χ2n) is 3.22. The molecule has 0 spiro atoms. The van der Waals surface area contributed by atoms with E-state index in [9.17, 15) is 0 Å².